The molecule has 1 aromatic heterocycles. The molecule has 0 bridgehead atoms. The van der Waals surface area contributed by atoms with Gasteiger partial charge in [0.2, 0.25) is 5.95 Å². The van der Waals surface area contributed by atoms with Crippen LogP contribution < -0.4 is 16.0 Å². The quantitative estimate of drug-likeness (QED) is 0.407. The van der Waals surface area contributed by atoms with Gasteiger partial charge in [0.1, 0.15) is 11.9 Å². The molecule has 0 saturated carbocycles. The highest BCUT2D eigenvalue weighted by Gasteiger charge is 2.20. The number of ether oxygens (including phenoxy) is 1. The zero-order chi connectivity index (χ0) is 15.2. The Kier molecular flexibility index (Phi) is 4.59. The molecule has 2 aromatic rings. The van der Waals surface area contributed by atoms with E-state index in [1.807, 2.05) is 0 Å². The third-order valence-corrected chi connectivity index (χ3v) is 2.62. The van der Waals surface area contributed by atoms with Crippen molar-refractivity contribution < 1.29 is 14.8 Å². The first-order valence-corrected chi connectivity index (χ1v) is 6.00. The summed E-state index contributed by atoms with van der Waals surface area (Å²) in [6.07, 6.45) is 1.36. The molecule has 21 heavy (non-hydrogen) atoms. The average molecular weight is 291 g/mol. The minimum absolute atomic E-state index is 0.00441. The van der Waals surface area contributed by atoms with Crippen LogP contribution in [0.5, 0.6) is 11.6 Å². The van der Waals surface area contributed by atoms with Crippen LogP contribution in [0.1, 0.15) is 5.56 Å². The van der Waals surface area contributed by atoms with Gasteiger partial charge in [0.25, 0.3) is 0 Å². The van der Waals surface area contributed by atoms with Crippen molar-refractivity contribution in [3.8, 4) is 11.6 Å². The summed E-state index contributed by atoms with van der Waals surface area (Å²) in [4.78, 5) is 17.8. The number of aromatic nitrogens is 2. The van der Waals surface area contributed by atoms with Crippen molar-refractivity contribution in [1.29, 1.82) is 0 Å². The normalized spacial score (nSPS) is 10.2. The first-order valence-electron chi connectivity index (χ1n) is 6.00. The van der Waals surface area contributed by atoms with Crippen molar-refractivity contribution in [3.63, 3.8) is 0 Å². The molecule has 0 unspecified atom stereocenters. The van der Waals surface area contributed by atoms with E-state index in [-0.39, 0.29) is 24.1 Å². The molecule has 0 radical (unpaired) electrons. The molecule has 0 saturated heterocycles. The van der Waals surface area contributed by atoms with Crippen LogP contribution in [-0.4, -0.2) is 26.6 Å². The first-order chi connectivity index (χ1) is 10.2. The van der Waals surface area contributed by atoms with Crippen LogP contribution in [-0.2, 0) is 6.42 Å². The molecular weight excluding hydrogens is 278 g/mol. The van der Waals surface area contributed by atoms with Crippen LogP contribution in [0.25, 0.3) is 0 Å². The fourth-order valence-corrected chi connectivity index (χ4v) is 1.66. The number of nitrogens with two attached hydrogens (primary N) is 1. The molecule has 0 aliphatic carbocycles. The van der Waals surface area contributed by atoms with Crippen LogP contribution in [0.3, 0.4) is 0 Å². The number of benzene rings is 1. The number of nitro groups is 1. The molecular formula is C12H13N5O4. The van der Waals surface area contributed by atoms with Gasteiger partial charge in [0.05, 0.1) is 4.92 Å². The number of nitrogen functional groups attached to an aromatic ring is 1. The highest BCUT2D eigenvalue weighted by molar-refractivity contribution is 5.46. The van der Waals surface area contributed by atoms with E-state index in [1.165, 1.54) is 0 Å². The minimum atomic E-state index is -0.649. The first kappa shape index (κ1) is 14.6. The summed E-state index contributed by atoms with van der Waals surface area (Å²) in [5.41, 5.74) is 2.52. The summed E-state index contributed by atoms with van der Waals surface area (Å²) in [6, 6.07) is 6.87. The molecule has 0 atom stereocenters. The summed E-state index contributed by atoms with van der Waals surface area (Å²) in [7, 11) is 0. The summed E-state index contributed by atoms with van der Waals surface area (Å²) in [6.45, 7) is -0.0676. The third-order valence-electron chi connectivity index (χ3n) is 2.62. The Bertz CT molecular complexity index is 649. The highest BCUT2D eigenvalue weighted by Crippen LogP contribution is 2.31. The van der Waals surface area contributed by atoms with Gasteiger partial charge < -0.3 is 9.84 Å². The Balaban J connectivity index is 2.40. The second kappa shape index (κ2) is 6.59. The van der Waals surface area contributed by atoms with Gasteiger partial charge >= 0.3 is 11.6 Å². The molecule has 0 aliphatic rings. The smallest absolute Gasteiger partial charge is 0.349 e. The Labute approximate surface area is 119 Å². The van der Waals surface area contributed by atoms with Gasteiger partial charge in [-0.15, -0.1) is 0 Å². The van der Waals surface area contributed by atoms with Gasteiger partial charge in [-0.1, -0.05) is 18.2 Å². The van der Waals surface area contributed by atoms with Crippen LogP contribution in [0.15, 0.2) is 30.5 Å². The minimum Gasteiger partial charge on any atom is -0.433 e. The van der Waals surface area contributed by atoms with E-state index in [0.717, 1.165) is 6.20 Å². The fourth-order valence-electron chi connectivity index (χ4n) is 1.66. The van der Waals surface area contributed by atoms with E-state index in [1.54, 1.807) is 24.3 Å². The molecule has 1 heterocycles. The van der Waals surface area contributed by atoms with Crippen LogP contribution >= 0.6 is 0 Å². The predicted octanol–water partition coefficient (Wildman–Crippen LogP) is 0.997. The Morgan fingerprint density at radius 1 is 1.43 bits per heavy atom. The van der Waals surface area contributed by atoms with E-state index in [9.17, 15) is 10.1 Å². The second-order valence-corrected chi connectivity index (χ2v) is 3.97. The van der Waals surface area contributed by atoms with Crippen molar-refractivity contribution in [2.75, 3.05) is 12.0 Å². The number of anilines is 1. The number of aliphatic hydroxyl groups excluding tert-OH is 1. The highest BCUT2D eigenvalue weighted by atomic mass is 16.6. The summed E-state index contributed by atoms with van der Waals surface area (Å²) in [5.74, 6) is 5.32. The van der Waals surface area contributed by atoms with E-state index in [0.29, 0.717) is 17.7 Å². The number of hydrogen-bond acceptors (Lipinski definition) is 8. The molecule has 9 heteroatoms. The number of hydrazine groups is 1. The molecule has 9 nitrogen and oxygen atoms in total. The predicted molar refractivity (Wildman–Crippen MR) is 73.8 cm³/mol. The standard InChI is InChI=1S/C12H13N5O4/c13-16-12-14-7-9(17(19)20)11(15-12)21-10-4-2-1-3-8(10)5-6-18/h1-4,7,18H,5-6,13H2,(H,14,15,16). The van der Waals surface area contributed by atoms with E-state index >= 15 is 0 Å². The van der Waals surface area contributed by atoms with Gasteiger partial charge in [-0.05, 0) is 18.1 Å². The van der Waals surface area contributed by atoms with Gasteiger partial charge in [-0.3, -0.25) is 15.5 Å². The van der Waals surface area contributed by atoms with E-state index < -0.39 is 4.92 Å². The Hall–Kier alpha value is -2.78. The molecule has 110 valence electrons. The summed E-state index contributed by atoms with van der Waals surface area (Å²) in [5, 5.41) is 20.0. The molecule has 0 fully saturated rings. The van der Waals surface area contributed by atoms with E-state index in [4.69, 9.17) is 15.7 Å². The molecule has 4 N–H and O–H groups in total. The summed E-state index contributed by atoms with van der Waals surface area (Å²) >= 11 is 0. The Morgan fingerprint density at radius 2 is 2.19 bits per heavy atom. The van der Waals surface area contributed by atoms with Crippen molar-refractivity contribution in [2.45, 2.75) is 6.42 Å². The van der Waals surface area contributed by atoms with Crippen molar-refractivity contribution in [1.82, 2.24) is 9.97 Å². The Morgan fingerprint density at radius 3 is 2.86 bits per heavy atom. The topological polar surface area (TPSA) is 136 Å². The molecule has 0 amide bonds. The molecule has 2 rings (SSSR count). The van der Waals surface area contributed by atoms with E-state index in [2.05, 4.69) is 15.4 Å². The number of nitrogens with zero attached hydrogens (tertiary/aromatic N) is 3. The maximum atomic E-state index is 11.0. The number of nitrogens with one attached hydrogen (secondary N) is 1. The fraction of sp³-hybridized carbons (Fsp3) is 0.167. The third kappa shape index (κ3) is 3.41. The van der Waals surface area contributed by atoms with Crippen molar-refractivity contribution in [3.05, 3.63) is 46.1 Å². The SMILES string of the molecule is NNc1ncc([N+](=O)[O-])c(Oc2ccccc2CCO)n1. The zero-order valence-corrected chi connectivity index (χ0v) is 10.9. The lowest BCUT2D eigenvalue weighted by Gasteiger charge is -2.10. The summed E-state index contributed by atoms with van der Waals surface area (Å²) < 4.78 is 5.50. The average Bonchev–Trinajstić information content (AvgIpc) is 2.49. The van der Waals surface area contributed by atoms with Crippen LogP contribution in [0.2, 0.25) is 0 Å². The van der Waals surface area contributed by atoms with Gasteiger partial charge in [-0.2, -0.15) is 4.98 Å². The molecule has 1 aromatic carbocycles. The van der Waals surface area contributed by atoms with Crippen molar-refractivity contribution >= 4 is 11.6 Å². The monoisotopic (exact) mass is 291 g/mol. The number of aliphatic hydroxyl groups is 1. The lowest BCUT2D eigenvalue weighted by atomic mass is 10.1. The number of hydrogen-bond donors (Lipinski definition) is 3. The lowest BCUT2D eigenvalue weighted by molar-refractivity contribution is -0.386. The van der Waals surface area contributed by atoms with Crippen molar-refractivity contribution in [2.24, 2.45) is 5.84 Å². The van der Waals surface area contributed by atoms with Gasteiger partial charge in [-0.25, -0.2) is 10.8 Å². The van der Waals surface area contributed by atoms with Gasteiger partial charge in [0.15, 0.2) is 0 Å². The zero-order valence-electron chi connectivity index (χ0n) is 10.9. The largest absolute Gasteiger partial charge is 0.433 e. The molecule has 0 spiro atoms. The number of para-hydroxylation sites is 1. The maximum Gasteiger partial charge on any atom is 0.349 e. The molecule has 0 aliphatic heterocycles. The van der Waals surface area contributed by atoms with Gasteiger partial charge in [0, 0.05) is 6.61 Å². The lowest BCUT2D eigenvalue weighted by Crippen LogP contribution is -2.11. The van der Waals surface area contributed by atoms with Crippen LogP contribution in [0.4, 0.5) is 11.6 Å². The number of rotatable bonds is 6. The maximum absolute atomic E-state index is 11.0. The van der Waals surface area contributed by atoms with Crippen LogP contribution in [0, 0.1) is 10.1 Å². The second-order valence-electron chi connectivity index (χ2n) is 3.97.